The van der Waals surface area contributed by atoms with Gasteiger partial charge in [0.15, 0.2) is 0 Å². The lowest BCUT2D eigenvalue weighted by Crippen LogP contribution is -2.54. The third-order valence-corrected chi connectivity index (χ3v) is 10.2. The van der Waals surface area contributed by atoms with E-state index in [1.165, 1.54) is 17.0 Å². The molecule has 0 bridgehead atoms. The molecule has 0 aliphatic rings. The van der Waals surface area contributed by atoms with Crippen LogP contribution in [0.2, 0.25) is 10.0 Å². The van der Waals surface area contributed by atoms with E-state index in [1.54, 1.807) is 42.5 Å². The van der Waals surface area contributed by atoms with Crippen LogP contribution in [0.4, 0.5) is 5.69 Å². The van der Waals surface area contributed by atoms with Crippen LogP contribution >= 0.6 is 23.2 Å². The lowest BCUT2D eigenvalue weighted by molar-refractivity contribution is -0.140. The van der Waals surface area contributed by atoms with Crippen molar-refractivity contribution in [2.24, 2.45) is 0 Å². The quantitative estimate of drug-likeness (QED) is 0.171. The van der Waals surface area contributed by atoms with Crippen LogP contribution in [0.1, 0.15) is 41.7 Å². The molecule has 0 aromatic heterocycles. The maximum atomic E-state index is 14.6. The fourth-order valence-corrected chi connectivity index (χ4v) is 7.06. The molecule has 0 unspecified atom stereocenters. The van der Waals surface area contributed by atoms with Gasteiger partial charge in [-0.25, -0.2) is 8.42 Å². The highest BCUT2D eigenvalue weighted by Crippen LogP contribution is 2.30. The number of hydrogen-bond acceptors (Lipinski definition) is 4. The van der Waals surface area contributed by atoms with Gasteiger partial charge in [0.2, 0.25) is 11.8 Å². The summed E-state index contributed by atoms with van der Waals surface area (Å²) < 4.78 is 29.7. The number of nitrogens with zero attached hydrogens (tertiary/aromatic N) is 2. The molecule has 0 fully saturated rings. The first-order valence-electron chi connectivity index (χ1n) is 15.0. The summed E-state index contributed by atoms with van der Waals surface area (Å²) in [6, 6.07) is 25.0. The van der Waals surface area contributed by atoms with Crippen molar-refractivity contribution in [3.05, 3.63) is 129 Å². The number of aryl methyl sites for hydroxylation is 2. The predicted octanol–water partition coefficient (Wildman–Crippen LogP) is 7.28. The fraction of sp³-hybridized carbons (Fsp3) is 0.278. The minimum atomic E-state index is -4.21. The highest BCUT2D eigenvalue weighted by atomic mass is 35.5. The third kappa shape index (κ3) is 8.49. The normalized spacial score (nSPS) is 12.1. The first kappa shape index (κ1) is 35.0. The molecule has 0 saturated carbocycles. The van der Waals surface area contributed by atoms with Crippen LogP contribution in [-0.4, -0.2) is 43.8 Å². The summed E-state index contributed by atoms with van der Waals surface area (Å²) in [5.41, 5.74) is 4.28. The van der Waals surface area contributed by atoms with Gasteiger partial charge in [-0.05, 0) is 87.2 Å². The van der Waals surface area contributed by atoms with Gasteiger partial charge in [-0.2, -0.15) is 0 Å². The van der Waals surface area contributed by atoms with Crippen molar-refractivity contribution in [2.75, 3.05) is 10.8 Å². The number of carbonyl (C=O) groups is 2. The number of carbonyl (C=O) groups excluding carboxylic acids is 2. The van der Waals surface area contributed by atoms with E-state index in [0.29, 0.717) is 21.3 Å². The van der Waals surface area contributed by atoms with Crippen LogP contribution in [0.3, 0.4) is 0 Å². The van der Waals surface area contributed by atoms with Crippen molar-refractivity contribution in [3.63, 3.8) is 0 Å². The summed E-state index contributed by atoms with van der Waals surface area (Å²) in [4.78, 5) is 30.0. The van der Waals surface area contributed by atoms with Crippen molar-refractivity contribution >= 4 is 50.7 Å². The van der Waals surface area contributed by atoms with Crippen molar-refractivity contribution in [1.29, 1.82) is 0 Å². The molecule has 7 nitrogen and oxygen atoms in total. The minimum absolute atomic E-state index is 0.0525. The van der Waals surface area contributed by atoms with E-state index in [4.69, 9.17) is 23.2 Å². The van der Waals surface area contributed by atoms with Gasteiger partial charge in [0, 0.05) is 29.1 Å². The number of halogens is 2. The Kier molecular flexibility index (Phi) is 11.5. The molecule has 0 spiro atoms. The Balaban J connectivity index is 1.86. The molecule has 0 heterocycles. The van der Waals surface area contributed by atoms with E-state index in [0.717, 1.165) is 26.6 Å². The number of benzene rings is 4. The number of nitrogens with one attached hydrogen (secondary N) is 1. The Hall–Kier alpha value is -3.85. The molecule has 0 saturated heterocycles. The Morgan fingerprint density at radius 2 is 1.52 bits per heavy atom. The number of rotatable bonds is 12. The van der Waals surface area contributed by atoms with Gasteiger partial charge < -0.3 is 10.2 Å². The van der Waals surface area contributed by atoms with Gasteiger partial charge in [-0.1, -0.05) is 89.4 Å². The zero-order valence-electron chi connectivity index (χ0n) is 26.6. The molecule has 46 heavy (non-hydrogen) atoms. The second-order valence-corrected chi connectivity index (χ2v) is 14.4. The fourth-order valence-electron chi connectivity index (χ4n) is 5.12. The van der Waals surface area contributed by atoms with E-state index in [9.17, 15) is 18.0 Å². The van der Waals surface area contributed by atoms with Crippen LogP contribution in [0.25, 0.3) is 0 Å². The van der Waals surface area contributed by atoms with Gasteiger partial charge in [0.1, 0.15) is 12.6 Å². The lowest BCUT2D eigenvalue weighted by atomic mass is 10.0. The van der Waals surface area contributed by atoms with Crippen LogP contribution in [0.15, 0.2) is 95.9 Å². The average Bonchev–Trinajstić information content (AvgIpc) is 3.00. The Labute approximate surface area is 282 Å². The van der Waals surface area contributed by atoms with Crippen molar-refractivity contribution in [2.45, 2.75) is 64.6 Å². The summed E-state index contributed by atoms with van der Waals surface area (Å²) in [6.45, 7) is 8.67. The van der Waals surface area contributed by atoms with E-state index < -0.39 is 28.5 Å². The van der Waals surface area contributed by atoms with E-state index in [2.05, 4.69) is 5.32 Å². The molecule has 4 aromatic rings. The average molecular weight is 681 g/mol. The smallest absolute Gasteiger partial charge is 0.264 e. The predicted molar refractivity (Wildman–Crippen MR) is 186 cm³/mol. The van der Waals surface area contributed by atoms with Crippen LogP contribution in [0, 0.1) is 20.8 Å². The molecule has 10 heteroatoms. The first-order valence-corrected chi connectivity index (χ1v) is 17.2. The number of sulfonamides is 1. The summed E-state index contributed by atoms with van der Waals surface area (Å²) in [5.74, 6) is -0.931. The SMILES string of the molecule is Cc1ccc(S(=O)(=O)N(CC(=O)N(Cc2ccc(Cl)cc2Cl)[C@H](Cc2ccccc2)C(=O)NC(C)C)c2cccc(C)c2C)cc1. The molecule has 0 aliphatic heterocycles. The summed E-state index contributed by atoms with van der Waals surface area (Å²) in [7, 11) is -4.21. The van der Waals surface area contributed by atoms with E-state index >= 15 is 0 Å². The lowest BCUT2D eigenvalue weighted by Gasteiger charge is -2.34. The molecule has 2 amide bonds. The maximum absolute atomic E-state index is 14.6. The van der Waals surface area contributed by atoms with Gasteiger partial charge in [0.25, 0.3) is 10.0 Å². The Bertz CT molecular complexity index is 1800. The highest BCUT2D eigenvalue weighted by molar-refractivity contribution is 7.92. The monoisotopic (exact) mass is 679 g/mol. The molecular formula is C36H39Cl2N3O4S. The van der Waals surface area contributed by atoms with Gasteiger partial charge >= 0.3 is 0 Å². The molecular weight excluding hydrogens is 641 g/mol. The molecule has 1 N–H and O–H groups in total. The molecule has 0 aliphatic carbocycles. The summed E-state index contributed by atoms with van der Waals surface area (Å²) >= 11 is 12.8. The summed E-state index contributed by atoms with van der Waals surface area (Å²) in [5, 5.41) is 3.70. The maximum Gasteiger partial charge on any atom is 0.264 e. The number of amides is 2. The number of anilines is 1. The molecule has 242 valence electrons. The standard InChI is InChI=1S/C36H39Cl2N3O4S/c1-24(2)39-36(43)34(20-28-11-7-6-8-12-28)40(22-29-16-17-30(37)21-32(29)38)35(42)23-41(33-13-9-10-26(4)27(33)5)46(44,45)31-18-14-25(3)15-19-31/h6-19,21,24,34H,20,22-23H2,1-5H3,(H,39,43)/t34-/m1/s1. The van der Waals surface area contributed by atoms with Crippen molar-refractivity contribution in [1.82, 2.24) is 10.2 Å². The van der Waals surface area contributed by atoms with Gasteiger partial charge in [-0.3, -0.25) is 13.9 Å². The zero-order valence-corrected chi connectivity index (χ0v) is 29.0. The largest absolute Gasteiger partial charge is 0.352 e. The van der Waals surface area contributed by atoms with Crippen molar-refractivity contribution < 1.29 is 18.0 Å². The second-order valence-electron chi connectivity index (χ2n) is 11.7. The summed E-state index contributed by atoms with van der Waals surface area (Å²) in [6.07, 6.45) is 0.199. The molecule has 0 radical (unpaired) electrons. The number of hydrogen-bond donors (Lipinski definition) is 1. The Morgan fingerprint density at radius 3 is 2.15 bits per heavy atom. The van der Waals surface area contributed by atoms with Crippen LogP contribution in [-0.2, 0) is 32.6 Å². The topological polar surface area (TPSA) is 86.8 Å². The minimum Gasteiger partial charge on any atom is -0.352 e. The Morgan fingerprint density at radius 1 is 0.848 bits per heavy atom. The molecule has 1 atom stereocenters. The van der Waals surface area contributed by atoms with Gasteiger partial charge in [0.05, 0.1) is 10.6 Å². The van der Waals surface area contributed by atoms with Crippen LogP contribution in [0.5, 0.6) is 0 Å². The van der Waals surface area contributed by atoms with E-state index in [1.807, 2.05) is 71.0 Å². The van der Waals surface area contributed by atoms with Crippen molar-refractivity contribution in [3.8, 4) is 0 Å². The second kappa shape index (κ2) is 15.2. The third-order valence-electron chi connectivity index (χ3n) is 7.79. The van der Waals surface area contributed by atoms with Crippen LogP contribution < -0.4 is 9.62 Å². The van der Waals surface area contributed by atoms with E-state index in [-0.39, 0.29) is 29.8 Å². The van der Waals surface area contributed by atoms with Gasteiger partial charge in [-0.15, -0.1) is 0 Å². The first-order chi connectivity index (χ1) is 21.8. The molecule has 4 rings (SSSR count). The molecule has 4 aromatic carbocycles. The zero-order chi connectivity index (χ0) is 33.6. The highest BCUT2D eigenvalue weighted by Gasteiger charge is 2.35.